The first kappa shape index (κ1) is 14.5. The fourth-order valence-electron chi connectivity index (χ4n) is 2.34. The van der Waals surface area contributed by atoms with Gasteiger partial charge in [0.25, 0.3) is 0 Å². The van der Waals surface area contributed by atoms with Gasteiger partial charge in [-0.25, -0.2) is 0 Å². The Morgan fingerprint density at radius 2 is 2.06 bits per heavy atom. The van der Waals surface area contributed by atoms with Crippen LogP contribution in [0.4, 0.5) is 0 Å². The molecular weight excluding hydrogens is 214 g/mol. The number of hydrogen-bond acceptors (Lipinski definition) is 3. The van der Waals surface area contributed by atoms with Crippen LogP contribution < -0.4 is 10.6 Å². The molecular formula is C13H27N3O. The van der Waals surface area contributed by atoms with Gasteiger partial charge in [-0.3, -0.25) is 9.69 Å². The summed E-state index contributed by atoms with van der Waals surface area (Å²) in [6.07, 6.45) is 3.81. The van der Waals surface area contributed by atoms with E-state index in [0.29, 0.717) is 6.54 Å². The molecule has 0 unspecified atom stereocenters. The summed E-state index contributed by atoms with van der Waals surface area (Å²) in [5.74, 6) is 0.999. The Hall–Kier alpha value is -0.610. The molecule has 0 aromatic rings. The van der Waals surface area contributed by atoms with Gasteiger partial charge in [0, 0.05) is 6.54 Å². The Kier molecular flexibility index (Phi) is 7.21. The Morgan fingerprint density at radius 1 is 1.35 bits per heavy atom. The van der Waals surface area contributed by atoms with Crippen LogP contribution in [0.15, 0.2) is 0 Å². The van der Waals surface area contributed by atoms with E-state index in [9.17, 15) is 4.79 Å². The van der Waals surface area contributed by atoms with Gasteiger partial charge in [0.2, 0.25) is 5.91 Å². The normalized spacial score (nSPS) is 17.4. The fraction of sp³-hybridized carbons (Fsp3) is 0.923. The molecule has 2 N–H and O–H groups in total. The van der Waals surface area contributed by atoms with Gasteiger partial charge < -0.3 is 10.6 Å². The van der Waals surface area contributed by atoms with Crippen molar-refractivity contribution in [2.45, 2.75) is 33.1 Å². The molecule has 1 amide bonds. The van der Waals surface area contributed by atoms with Crippen molar-refractivity contribution in [3.8, 4) is 0 Å². The second kappa shape index (κ2) is 8.48. The molecule has 0 aromatic carbocycles. The minimum absolute atomic E-state index is 0.152. The Balaban J connectivity index is 2.19. The molecule has 17 heavy (non-hydrogen) atoms. The van der Waals surface area contributed by atoms with Crippen molar-refractivity contribution in [1.82, 2.24) is 15.5 Å². The monoisotopic (exact) mass is 241 g/mol. The first-order valence-electron chi connectivity index (χ1n) is 6.96. The quantitative estimate of drug-likeness (QED) is 0.694. The van der Waals surface area contributed by atoms with Gasteiger partial charge >= 0.3 is 0 Å². The zero-order valence-corrected chi connectivity index (χ0v) is 11.3. The molecule has 0 bridgehead atoms. The van der Waals surface area contributed by atoms with Gasteiger partial charge in [-0.1, -0.05) is 6.92 Å². The molecule has 0 spiro atoms. The molecule has 1 fully saturated rings. The van der Waals surface area contributed by atoms with E-state index in [2.05, 4.69) is 22.5 Å². The second-order valence-electron chi connectivity index (χ2n) is 4.80. The smallest absolute Gasteiger partial charge is 0.234 e. The van der Waals surface area contributed by atoms with Gasteiger partial charge in [0.1, 0.15) is 0 Å². The van der Waals surface area contributed by atoms with E-state index in [0.717, 1.165) is 38.6 Å². The molecule has 4 nitrogen and oxygen atoms in total. The molecule has 100 valence electrons. The molecule has 0 atom stereocenters. The van der Waals surface area contributed by atoms with Gasteiger partial charge in [0.15, 0.2) is 0 Å². The minimum atomic E-state index is 0.152. The van der Waals surface area contributed by atoms with Gasteiger partial charge in [-0.15, -0.1) is 0 Å². The largest absolute Gasteiger partial charge is 0.355 e. The summed E-state index contributed by atoms with van der Waals surface area (Å²) in [5.41, 5.74) is 0. The van der Waals surface area contributed by atoms with Crippen LogP contribution in [0.3, 0.4) is 0 Å². The van der Waals surface area contributed by atoms with Crippen molar-refractivity contribution in [2.24, 2.45) is 5.92 Å². The molecule has 1 heterocycles. The number of amides is 1. The lowest BCUT2D eigenvalue weighted by Crippen LogP contribution is -2.38. The maximum atomic E-state index is 11.5. The third-order valence-electron chi connectivity index (χ3n) is 3.50. The number of carbonyl (C=O) groups is 1. The highest BCUT2D eigenvalue weighted by molar-refractivity contribution is 5.77. The van der Waals surface area contributed by atoms with E-state index < -0.39 is 0 Å². The second-order valence-corrected chi connectivity index (χ2v) is 4.80. The molecule has 0 saturated carbocycles. The van der Waals surface area contributed by atoms with Crippen molar-refractivity contribution >= 4 is 5.91 Å². The maximum absolute atomic E-state index is 11.5. The van der Waals surface area contributed by atoms with Gasteiger partial charge in [0.05, 0.1) is 6.54 Å². The van der Waals surface area contributed by atoms with E-state index in [1.165, 1.54) is 19.3 Å². The summed E-state index contributed by atoms with van der Waals surface area (Å²) in [7, 11) is 0. The molecule has 1 aliphatic rings. The van der Waals surface area contributed by atoms with Gasteiger partial charge in [-0.05, 0) is 58.3 Å². The van der Waals surface area contributed by atoms with E-state index in [-0.39, 0.29) is 5.91 Å². The lowest BCUT2D eigenvalue weighted by Gasteiger charge is -2.26. The van der Waals surface area contributed by atoms with Crippen LogP contribution in [0.1, 0.15) is 33.1 Å². The Bertz CT molecular complexity index is 215. The van der Waals surface area contributed by atoms with Crippen LogP contribution in [0.2, 0.25) is 0 Å². The van der Waals surface area contributed by atoms with Crippen molar-refractivity contribution in [1.29, 1.82) is 0 Å². The summed E-state index contributed by atoms with van der Waals surface area (Å²) < 4.78 is 0. The number of nitrogens with zero attached hydrogens (tertiary/aromatic N) is 1. The number of piperidine rings is 1. The molecule has 1 aliphatic heterocycles. The van der Waals surface area contributed by atoms with E-state index in [1.54, 1.807) is 0 Å². The summed E-state index contributed by atoms with van der Waals surface area (Å²) >= 11 is 0. The predicted octanol–water partition coefficient (Wildman–Crippen LogP) is 0.834. The average molecular weight is 241 g/mol. The summed E-state index contributed by atoms with van der Waals surface area (Å²) in [6, 6.07) is 0. The molecule has 4 heteroatoms. The highest BCUT2D eigenvalue weighted by Crippen LogP contribution is 2.16. The van der Waals surface area contributed by atoms with Crippen LogP contribution in [0.5, 0.6) is 0 Å². The van der Waals surface area contributed by atoms with Crippen LogP contribution in [-0.2, 0) is 4.79 Å². The Morgan fingerprint density at radius 3 is 2.65 bits per heavy atom. The van der Waals surface area contributed by atoms with Crippen LogP contribution in [-0.4, -0.2) is 50.1 Å². The van der Waals surface area contributed by atoms with E-state index in [1.807, 2.05) is 6.92 Å². The fourth-order valence-corrected chi connectivity index (χ4v) is 2.34. The standard InChI is InChI=1S/C13H27N3O/c1-3-15-13(17)11-16(4-2)10-7-12-5-8-14-9-6-12/h12,14H,3-11H2,1-2H3,(H,15,17). The SMILES string of the molecule is CCNC(=O)CN(CC)CCC1CCNCC1. The van der Waals surface area contributed by atoms with Crippen molar-refractivity contribution < 1.29 is 4.79 Å². The topological polar surface area (TPSA) is 44.4 Å². The number of nitrogens with one attached hydrogen (secondary N) is 2. The van der Waals surface area contributed by atoms with Gasteiger partial charge in [-0.2, -0.15) is 0 Å². The Labute approximate surface area is 105 Å². The lowest BCUT2D eigenvalue weighted by atomic mass is 9.94. The summed E-state index contributed by atoms with van der Waals surface area (Å²) in [6.45, 7) is 9.70. The molecule has 0 aromatic heterocycles. The first-order valence-corrected chi connectivity index (χ1v) is 6.96. The summed E-state index contributed by atoms with van der Waals surface area (Å²) in [4.78, 5) is 13.7. The highest BCUT2D eigenvalue weighted by atomic mass is 16.2. The third-order valence-corrected chi connectivity index (χ3v) is 3.50. The minimum Gasteiger partial charge on any atom is -0.355 e. The van der Waals surface area contributed by atoms with E-state index in [4.69, 9.17) is 0 Å². The van der Waals surface area contributed by atoms with Crippen molar-refractivity contribution in [3.63, 3.8) is 0 Å². The number of rotatable bonds is 7. The van der Waals surface area contributed by atoms with Crippen molar-refractivity contribution in [3.05, 3.63) is 0 Å². The van der Waals surface area contributed by atoms with Crippen LogP contribution in [0, 0.1) is 5.92 Å². The van der Waals surface area contributed by atoms with Crippen molar-refractivity contribution in [2.75, 3.05) is 39.3 Å². The molecule has 1 saturated heterocycles. The molecule has 0 radical (unpaired) electrons. The third kappa shape index (κ3) is 6.03. The zero-order chi connectivity index (χ0) is 12.5. The summed E-state index contributed by atoms with van der Waals surface area (Å²) in [5, 5.41) is 6.25. The van der Waals surface area contributed by atoms with Crippen LogP contribution in [0.25, 0.3) is 0 Å². The number of carbonyl (C=O) groups excluding carboxylic acids is 1. The molecule has 0 aliphatic carbocycles. The lowest BCUT2D eigenvalue weighted by molar-refractivity contribution is -0.122. The predicted molar refractivity (Wildman–Crippen MR) is 71.0 cm³/mol. The zero-order valence-electron chi connectivity index (χ0n) is 11.3. The molecule has 1 rings (SSSR count). The highest BCUT2D eigenvalue weighted by Gasteiger charge is 2.15. The average Bonchev–Trinajstić information content (AvgIpc) is 2.36. The number of hydrogen-bond donors (Lipinski definition) is 2. The number of likely N-dealkylation sites (N-methyl/N-ethyl adjacent to an activating group) is 2. The first-order chi connectivity index (χ1) is 8.26. The maximum Gasteiger partial charge on any atom is 0.234 e. The van der Waals surface area contributed by atoms with Crippen LogP contribution >= 0.6 is 0 Å². The van der Waals surface area contributed by atoms with E-state index >= 15 is 0 Å².